The van der Waals surface area contributed by atoms with Gasteiger partial charge in [0.1, 0.15) is 30.1 Å². The number of nitrogens with one attached hydrogen (secondary N) is 2. The van der Waals surface area contributed by atoms with Gasteiger partial charge in [-0.2, -0.15) is 9.97 Å². The summed E-state index contributed by atoms with van der Waals surface area (Å²) in [6, 6.07) is 20.3. The van der Waals surface area contributed by atoms with E-state index >= 15 is 0 Å². The lowest BCUT2D eigenvalue weighted by Crippen LogP contribution is -2.51. The first-order chi connectivity index (χ1) is 38.7. The summed E-state index contributed by atoms with van der Waals surface area (Å²) < 4.78 is 12.6. The zero-order valence-corrected chi connectivity index (χ0v) is 47.5. The van der Waals surface area contributed by atoms with Gasteiger partial charge in [-0.25, -0.2) is 4.98 Å². The molecule has 18 heteroatoms. The smallest absolute Gasteiger partial charge is 0.319 e. The van der Waals surface area contributed by atoms with Gasteiger partial charge in [-0.15, -0.1) is 11.3 Å². The number of thiazole rings is 1. The van der Waals surface area contributed by atoms with Crippen molar-refractivity contribution in [2.75, 3.05) is 62.2 Å². The Labute approximate surface area is 471 Å². The molecule has 5 fully saturated rings. The van der Waals surface area contributed by atoms with E-state index in [-0.39, 0.29) is 54.4 Å². The number of hydrogen-bond donors (Lipinski definition) is 4. The van der Waals surface area contributed by atoms with Crippen LogP contribution in [0.15, 0.2) is 76.9 Å². The van der Waals surface area contributed by atoms with Gasteiger partial charge in [0.05, 0.1) is 44.8 Å². The number of phenolic OH excluding ortho intramolecular Hbond substituents is 1. The summed E-state index contributed by atoms with van der Waals surface area (Å²) in [5.74, 6) is 2.21. The van der Waals surface area contributed by atoms with Crippen molar-refractivity contribution >= 4 is 56.5 Å². The van der Waals surface area contributed by atoms with Crippen LogP contribution in [0.25, 0.3) is 43.4 Å². The molecule has 4 N–H and O–H groups in total. The number of phenols is 1. The number of benzene rings is 3. The number of nitrogens with zero attached hydrogens (tertiary/aromatic N) is 9. The van der Waals surface area contributed by atoms with Gasteiger partial charge in [-0.1, -0.05) is 68.4 Å². The monoisotopic (exact) mass is 1100 g/mol. The molecule has 4 aromatic heterocycles. The molecule has 3 unspecified atom stereocenters. The Morgan fingerprint density at radius 2 is 1.69 bits per heavy atom. The molecule has 2 amide bonds. The molecule has 0 spiro atoms. The first-order valence-electron chi connectivity index (χ1n) is 29.1. The average Bonchev–Trinajstić information content (AvgIpc) is 4.06. The second-order valence-corrected chi connectivity index (χ2v) is 25.1. The van der Waals surface area contributed by atoms with Crippen molar-refractivity contribution < 1.29 is 29.1 Å². The molecule has 2 bridgehead atoms. The number of pyridine rings is 1. The predicted octanol–water partition coefficient (Wildman–Crippen LogP) is 8.96. The van der Waals surface area contributed by atoms with Crippen molar-refractivity contribution in [2.45, 2.75) is 128 Å². The van der Waals surface area contributed by atoms with Crippen LogP contribution in [0.2, 0.25) is 0 Å². The molecule has 17 nitrogen and oxygen atoms in total. The van der Waals surface area contributed by atoms with Gasteiger partial charge in [-0.3, -0.25) is 19.5 Å². The number of piperazine rings is 1. The summed E-state index contributed by atoms with van der Waals surface area (Å²) >= 11 is 1.60. The lowest BCUT2D eigenvalue weighted by atomic mass is 9.79. The zero-order valence-electron chi connectivity index (χ0n) is 46.6. The first-order valence-corrected chi connectivity index (χ1v) is 29.9. The minimum Gasteiger partial charge on any atom is -0.508 e. The fourth-order valence-electron chi connectivity index (χ4n) is 14.1. The van der Waals surface area contributed by atoms with Gasteiger partial charge in [0.25, 0.3) is 0 Å². The predicted molar refractivity (Wildman–Crippen MR) is 310 cm³/mol. The molecule has 1 aliphatic carbocycles. The number of β-amino-alcohol motifs (C(OH)–C–C–N with tert-alkyl or cyclic N) is 1. The van der Waals surface area contributed by atoms with Crippen LogP contribution in [0.1, 0.15) is 119 Å². The van der Waals surface area contributed by atoms with Crippen LogP contribution >= 0.6 is 11.3 Å². The third kappa shape index (κ3) is 9.82. The summed E-state index contributed by atoms with van der Waals surface area (Å²) in [6.45, 7) is 18.5. The van der Waals surface area contributed by atoms with Crippen LogP contribution in [0.3, 0.4) is 0 Å². The number of hydrogen-bond acceptors (Lipinski definition) is 16. The minimum atomic E-state index is -0.806. The largest absolute Gasteiger partial charge is 0.508 e. The topological polar surface area (TPSA) is 198 Å². The van der Waals surface area contributed by atoms with E-state index in [0.717, 1.165) is 143 Å². The number of carbonyl (C=O) groups excluding carboxylic acids is 2. The molecule has 418 valence electrons. The molecule has 0 saturated carbocycles. The number of rotatable bonds is 15. The summed E-state index contributed by atoms with van der Waals surface area (Å²) in [4.78, 5) is 58.1. The number of aliphatic hydroxyl groups excluding tert-OH is 1. The minimum absolute atomic E-state index is 0.0227. The number of ether oxygens (including phenoxy) is 1. The molecule has 8 atom stereocenters. The number of carbonyl (C=O) groups is 2. The maximum atomic E-state index is 14.4. The SMILES string of the molecule is Cc1ncsc1-c1ccc([C@H](C)NC(=O)[C@@H]2C[C@@H](O)CN2C(=O)[C@H](c2cc(N3CC(CC4CCN([C@H](C)COc5nc(N6CC7CCC(C6)N7)c6cnc7c(c6n5)C(C)c5cccc6cc(O)cc-7c56)CC4)C3)no2)C(C)C)cc1. The molecule has 80 heavy (non-hydrogen) atoms. The summed E-state index contributed by atoms with van der Waals surface area (Å²) in [5.41, 5.74) is 9.76. The highest BCUT2D eigenvalue weighted by Gasteiger charge is 2.44. The zero-order chi connectivity index (χ0) is 55.1. The number of aliphatic hydroxyl groups is 1. The number of amides is 2. The van der Waals surface area contributed by atoms with E-state index in [1.807, 2.05) is 81.9 Å². The third-order valence-electron chi connectivity index (χ3n) is 18.5. The van der Waals surface area contributed by atoms with Gasteiger partial charge in [0.15, 0.2) is 11.6 Å². The van der Waals surface area contributed by atoms with Crippen LogP contribution in [-0.4, -0.2) is 140 Å². The number of aryl methyl sites for hydroxylation is 1. The van der Waals surface area contributed by atoms with Gasteiger partial charge in [-0.05, 0) is 123 Å². The fraction of sp³-hybridized carbons (Fsp3) is 0.500. The second-order valence-electron chi connectivity index (χ2n) is 24.3. The Morgan fingerprint density at radius 3 is 2.42 bits per heavy atom. The van der Waals surface area contributed by atoms with E-state index in [9.17, 15) is 19.8 Å². The highest BCUT2D eigenvalue weighted by molar-refractivity contribution is 7.13. The molecule has 13 rings (SSSR count). The van der Waals surface area contributed by atoms with E-state index in [4.69, 9.17) is 24.2 Å². The molecule has 5 aliphatic heterocycles. The molecule has 7 aromatic rings. The first kappa shape index (κ1) is 52.6. The summed E-state index contributed by atoms with van der Waals surface area (Å²) in [6.07, 6.45) is 7.03. The summed E-state index contributed by atoms with van der Waals surface area (Å²) in [7, 11) is 0. The van der Waals surface area contributed by atoms with Crippen LogP contribution < -0.4 is 25.2 Å². The Bertz CT molecular complexity index is 3450. The number of anilines is 2. The van der Waals surface area contributed by atoms with E-state index in [2.05, 4.69) is 67.5 Å². The van der Waals surface area contributed by atoms with E-state index in [1.165, 1.54) is 10.5 Å². The van der Waals surface area contributed by atoms with Gasteiger partial charge in [0.2, 0.25) is 11.8 Å². The normalized spacial score (nSPS) is 23.4. The van der Waals surface area contributed by atoms with E-state index in [1.54, 1.807) is 11.3 Å². The number of likely N-dealkylation sites (tertiary alicyclic amines) is 2. The molecule has 5 saturated heterocycles. The second kappa shape index (κ2) is 21.3. The van der Waals surface area contributed by atoms with Gasteiger partial charge < -0.3 is 44.8 Å². The van der Waals surface area contributed by atoms with Crippen molar-refractivity contribution in [1.82, 2.24) is 45.5 Å². The van der Waals surface area contributed by atoms with Gasteiger partial charge >= 0.3 is 6.01 Å². The molecule has 3 aromatic carbocycles. The lowest BCUT2D eigenvalue weighted by Gasteiger charge is -2.43. The van der Waals surface area contributed by atoms with Crippen molar-refractivity contribution in [2.24, 2.45) is 17.8 Å². The molecule has 9 heterocycles. The van der Waals surface area contributed by atoms with Crippen LogP contribution in [0.4, 0.5) is 11.6 Å². The van der Waals surface area contributed by atoms with Crippen molar-refractivity contribution in [3.63, 3.8) is 0 Å². The Kier molecular flexibility index (Phi) is 14.0. The highest BCUT2D eigenvalue weighted by atomic mass is 32.1. The number of fused-ring (bicyclic) bond motifs is 6. The quantitative estimate of drug-likeness (QED) is 0.0758. The van der Waals surface area contributed by atoms with E-state index < -0.39 is 18.1 Å². The summed E-state index contributed by atoms with van der Waals surface area (Å²) in [5, 5.41) is 36.1. The van der Waals surface area contributed by atoms with Gasteiger partial charge in [0, 0.05) is 86.6 Å². The van der Waals surface area contributed by atoms with E-state index in [0.29, 0.717) is 42.3 Å². The highest BCUT2D eigenvalue weighted by Crippen LogP contribution is 2.49. The Balaban J connectivity index is 0.617. The van der Waals surface area contributed by atoms with Crippen LogP contribution in [0.5, 0.6) is 11.8 Å². The lowest BCUT2D eigenvalue weighted by molar-refractivity contribution is -0.141. The number of piperidine rings is 1. The number of aromatic hydroxyl groups is 1. The average molecular weight is 1100 g/mol. The fourth-order valence-corrected chi connectivity index (χ4v) is 14.9. The number of aromatic nitrogens is 5. The Morgan fingerprint density at radius 1 is 0.912 bits per heavy atom. The molecule has 6 aliphatic rings. The Hall–Kier alpha value is -6.73. The van der Waals surface area contributed by atoms with Crippen LogP contribution in [0, 0.1) is 24.7 Å². The third-order valence-corrected chi connectivity index (χ3v) is 19.5. The van der Waals surface area contributed by atoms with Crippen molar-refractivity contribution in [1.29, 1.82) is 0 Å². The van der Waals surface area contributed by atoms with Crippen molar-refractivity contribution in [3.8, 4) is 33.5 Å². The van der Waals surface area contributed by atoms with Crippen LogP contribution in [-0.2, 0) is 9.59 Å². The molecule has 0 radical (unpaired) electrons. The maximum absolute atomic E-state index is 14.4. The molecular formula is C62H73N11O6S. The molecular weight excluding hydrogens is 1030 g/mol. The van der Waals surface area contributed by atoms with Crippen molar-refractivity contribution in [3.05, 3.63) is 101 Å². The maximum Gasteiger partial charge on any atom is 0.319 e. The standard InChI is InChI=1S/C62H73N11O6S/c1-33(2)53(61(77)73-30-46(75)23-50(73)60(76)65-36(5)40-10-12-41(13-11-40)58-37(6)64-32-80-58)51-24-52(69-79-51)71-26-39(27-71)20-38-16-18-70(19-17-38)34(3)31-78-62-67-57-49(59(68-62)72-28-43-14-15-44(29-72)66-43)25-63-56-48-22-45(74)21-42-8-7-9-47(55(42)48)35(4)54(56)57/h7-13,21-22,24-25,32-36,38-39,43-44,46,50,53,66,74-75H,14-20,23,26-31H2,1-6H3,(H,65,76)/t34-,35?,36+,43?,44?,46-,50+,53+/m1/s1.